The van der Waals surface area contributed by atoms with Gasteiger partial charge >= 0.3 is 0 Å². The molecule has 1 aliphatic heterocycles. The maximum absolute atomic E-state index is 12.8. The normalized spacial score (nSPS) is 28.4. The molecule has 0 saturated carbocycles. The molecule has 0 radical (unpaired) electrons. The first-order valence-electron chi connectivity index (χ1n) is 6.37. The van der Waals surface area contributed by atoms with Crippen LogP contribution in [-0.2, 0) is 0 Å². The highest BCUT2D eigenvalue weighted by molar-refractivity contribution is 5.66. The van der Waals surface area contributed by atoms with Crippen molar-refractivity contribution in [2.45, 2.75) is 31.7 Å². The summed E-state index contributed by atoms with van der Waals surface area (Å²) in [6.07, 6.45) is 8.78. The van der Waals surface area contributed by atoms with Crippen molar-refractivity contribution in [3.8, 4) is 0 Å². The number of hydrogen-bond donors (Lipinski definition) is 1. The van der Waals surface area contributed by atoms with E-state index in [1.165, 1.54) is 24.5 Å². The van der Waals surface area contributed by atoms with Crippen LogP contribution in [0.25, 0.3) is 5.57 Å². The van der Waals surface area contributed by atoms with E-state index in [1.807, 2.05) is 6.07 Å². The van der Waals surface area contributed by atoms with Crippen LogP contribution in [0.5, 0.6) is 0 Å². The number of fused-ring (bicyclic) bond motifs is 1. The Morgan fingerprint density at radius 2 is 2.29 bits per heavy atom. The minimum Gasteiger partial charge on any atom is -0.313 e. The topological polar surface area (TPSA) is 24.9 Å². The maximum atomic E-state index is 12.8. The molecule has 1 aromatic rings. The van der Waals surface area contributed by atoms with Crippen LogP contribution in [0.2, 0.25) is 0 Å². The van der Waals surface area contributed by atoms with Crippen LogP contribution in [0.15, 0.2) is 24.4 Å². The third-order valence-corrected chi connectivity index (χ3v) is 3.93. The largest absolute Gasteiger partial charge is 0.313 e. The number of nitrogens with zero attached hydrogens (tertiary/aromatic N) is 1. The summed E-state index contributed by atoms with van der Waals surface area (Å²) in [5, 5.41) is 3.60. The fourth-order valence-electron chi connectivity index (χ4n) is 2.96. The predicted octanol–water partition coefficient (Wildman–Crippen LogP) is 2.77. The molecule has 1 fully saturated rings. The lowest BCUT2D eigenvalue weighted by Crippen LogP contribution is -2.42. The Kier molecular flexibility index (Phi) is 2.93. The maximum Gasteiger partial charge on any atom is 0.212 e. The number of allylic oxidation sites excluding steroid dienone is 1. The molecule has 0 amide bonds. The number of hydrogen-bond acceptors (Lipinski definition) is 2. The summed E-state index contributed by atoms with van der Waals surface area (Å²) in [4.78, 5) is 3.73. The Morgan fingerprint density at radius 1 is 1.35 bits per heavy atom. The van der Waals surface area contributed by atoms with Gasteiger partial charge in [-0.05, 0) is 61.4 Å². The third-order valence-electron chi connectivity index (χ3n) is 3.93. The average molecular weight is 232 g/mol. The van der Waals surface area contributed by atoms with Crippen LogP contribution in [-0.4, -0.2) is 17.6 Å². The van der Waals surface area contributed by atoms with E-state index in [0.29, 0.717) is 6.04 Å². The standard InChI is InChI=1S/C14H17FN2/c15-14-6-5-12(9-17-14)11-4-3-10-2-1-7-16-13(10)8-11/h4-6,9-10,13,16H,1-3,7-8H2/t10-,13+/m1/s1. The third kappa shape index (κ3) is 2.25. The van der Waals surface area contributed by atoms with Gasteiger partial charge in [-0.3, -0.25) is 0 Å². The van der Waals surface area contributed by atoms with Gasteiger partial charge in [-0.25, -0.2) is 4.98 Å². The molecular weight excluding hydrogens is 215 g/mol. The van der Waals surface area contributed by atoms with Gasteiger partial charge in [0.25, 0.3) is 0 Å². The lowest BCUT2D eigenvalue weighted by atomic mass is 9.78. The lowest BCUT2D eigenvalue weighted by molar-refractivity contribution is 0.278. The minimum atomic E-state index is -0.404. The van der Waals surface area contributed by atoms with Crippen LogP contribution >= 0.6 is 0 Å². The van der Waals surface area contributed by atoms with Crippen LogP contribution in [0, 0.1) is 11.9 Å². The van der Waals surface area contributed by atoms with Crippen molar-refractivity contribution in [3.05, 3.63) is 35.9 Å². The minimum absolute atomic E-state index is 0.404. The van der Waals surface area contributed by atoms with Gasteiger partial charge in [0, 0.05) is 12.2 Å². The van der Waals surface area contributed by atoms with Gasteiger partial charge in [-0.1, -0.05) is 6.08 Å². The van der Waals surface area contributed by atoms with Gasteiger partial charge in [0.2, 0.25) is 5.95 Å². The Bertz CT molecular complexity index is 424. The molecule has 2 atom stereocenters. The first-order chi connectivity index (χ1) is 8.33. The van der Waals surface area contributed by atoms with Crippen LogP contribution in [0.3, 0.4) is 0 Å². The van der Waals surface area contributed by atoms with Gasteiger partial charge in [0.05, 0.1) is 0 Å². The average Bonchev–Trinajstić information content (AvgIpc) is 2.39. The van der Waals surface area contributed by atoms with Gasteiger partial charge in [-0.15, -0.1) is 0 Å². The van der Waals surface area contributed by atoms with E-state index in [0.717, 1.165) is 30.9 Å². The van der Waals surface area contributed by atoms with Gasteiger partial charge < -0.3 is 5.32 Å². The Balaban J connectivity index is 1.80. The monoisotopic (exact) mass is 232 g/mol. The fraction of sp³-hybridized carbons (Fsp3) is 0.500. The fourth-order valence-corrected chi connectivity index (χ4v) is 2.96. The molecule has 1 aliphatic carbocycles. The quantitative estimate of drug-likeness (QED) is 0.753. The summed E-state index contributed by atoms with van der Waals surface area (Å²) in [7, 11) is 0. The summed E-state index contributed by atoms with van der Waals surface area (Å²) >= 11 is 0. The first-order valence-corrected chi connectivity index (χ1v) is 6.37. The number of halogens is 1. The number of pyridine rings is 1. The van der Waals surface area contributed by atoms with Crippen LogP contribution in [0.1, 0.15) is 31.2 Å². The van der Waals surface area contributed by atoms with Crippen molar-refractivity contribution in [3.63, 3.8) is 0 Å². The van der Waals surface area contributed by atoms with Crippen molar-refractivity contribution in [1.29, 1.82) is 0 Å². The molecule has 2 heterocycles. The Morgan fingerprint density at radius 3 is 3.12 bits per heavy atom. The van der Waals surface area contributed by atoms with Crippen molar-refractivity contribution in [1.82, 2.24) is 10.3 Å². The molecule has 0 unspecified atom stereocenters. The first kappa shape index (κ1) is 10.9. The lowest BCUT2D eigenvalue weighted by Gasteiger charge is -2.36. The van der Waals surface area contributed by atoms with E-state index in [9.17, 15) is 4.39 Å². The highest BCUT2D eigenvalue weighted by atomic mass is 19.1. The molecule has 90 valence electrons. The molecular formula is C14H17FN2. The number of nitrogens with one attached hydrogen (secondary N) is 1. The highest BCUT2D eigenvalue weighted by Crippen LogP contribution is 2.34. The zero-order valence-corrected chi connectivity index (χ0v) is 9.82. The molecule has 2 aliphatic rings. The van der Waals surface area contributed by atoms with E-state index in [-0.39, 0.29) is 0 Å². The highest BCUT2D eigenvalue weighted by Gasteiger charge is 2.28. The molecule has 1 saturated heterocycles. The van der Waals surface area contributed by atoms with Gasteiger partial charge in [0.15, 0.2) is 0 Å². The smallest absolute Gasteiger partial charge is 0.212 e. The zero-order valence-electron chi connectivity index (χ0n) is 9.82. The summed E-state index contributed by atoms with van der Waals surface area (Å²) < 4.78 is 12.8. The Labute approximate surface area is 101 Å². The SMILES string of the molecule is Fc1ccc(C2=CC[C@H]3CCCN[C@H]3C2)cn1. The molecule has 2 nitrogen and oxygen atoms in total. The van der Waals surface area contributed by atoms with E-state index >= 15 is 0 Å². The van der Waals surface area contributed by atoms with Crippen LogP contribution in [0.4, 0.5) is 4.39 Å². The summed E-state index contributed by atoms with van der Waals surface area (Å²) in [6.45, 7) is 1.14. The molecule has 3 heteroatoms. The van der Waals surface area contributed by atoms with Crippen LogP contribution < -0.4 is 5.32 Å². The van der Waals surface area contributed by atoms with E-state index in [1.54, 1.807) is 6.20 Å². The Hall–Kier alpha value is -1.22. The summed E-state index contributed by atoms with van der Waals surface area (Å²) in [6, 6.07) is 3.88. The molecule has 3 rings (SSSR count). The zero-order chi connectivity index (χ0) is 11.7. The predicted molar refractivity (Wildman–Crippen MR) is 65.9 cm³/mol. The number of aromatic nitrogens is 1. The molecule has 0 spiro atoms. The summed E-state index contributed by atoms with van der Waals surface area (Å²) in [5.74, 6) is 0.389. The van der Waals surface area contributed by atoms with Crippen molar-refractivity contribution >= 4 is 5.57 Å². The molecule has 1 N–H and O–H groups in total. The molecule has 0 bridgehead atoms. The van der Waals surface area contributed by atoms with E-state index in [2.05, 4.69) is 16.4 Å². The van der Waals surface area contributed by atoms with E-state index in [4.69, 9.17) is 0 Å². The summed E-state index contributed by atoms with van der Waals surface area (Å²) in [5.41, 5.74) is 2.38. The van der Waals surface area contributed by atoms with Gasteiger partial charge in [-0.2, -0.15) is 4.39 Å². The molecule has 1 aromatic heterocycles. The second-order valence-corrected chi connectivity index (χ2v) is 5.00. The number of rotatable bonds is 1. The van der Waals surface area contributed by atoms with E-state index < -0.39 is 5.95 Å². The van der Waals surface area contributed by atoms with Crippen molar-refractivity contribution < 1.29 is 4.39 Å². The van der Waals surface area contributed by atoms with Gasteiger partial charge in [0.1, 0.15) is 0 Å². The van der Waals surface area contributed by atoms with Crippen molar-refractivity contribution in [2.75, 3.05) is 6.54 Å². The molecule has 0 aromatic carbocycles. The number of piperidine rings is 1. The molecule has 17 heavy (non-hydrogen) atoms. The van der Waals surface area contributed by atoms with Crippen molar-refractivity contribution in [2.24, 2.45) is 5.92 Å². The second kappa shape index (κ2) is 4.57. The second-order valence-electron chi connectivity index (χ2n) is 5.00.